The summed E-state index contributed by atoms with van der Waals surface area (Å²) in [6.07, 6.45) is 11.4. The van der Waals surface area contributed by atoms with Gasteiger partial charge in [0, 0.05) is 40.7 Å². The highest BCUT2D eigenvalue weighted by Gasteiger charge is 2.30. The zero-order valence-electron chi connectivity index (χ0n) is 36.8. The maximum Gasteiger partial charge on any atom is 0.166 e. The molecule has 3 atom stereocenters. The molecule has 0 N–H and O–H groups in total. The first-order valence-electron chi connectivity index (χ1n) is 21.3. The molecule has 2 aromatic carbocycles. The van der Waals surface area contributed by atoms with E-state index >= 15 is 8.78 Å². The zero-order chi connectivity index (χ0) is 42.8. The van der Waals surface area contributed by atoms with Crippen molar-refractivity contribution in [1.82, 2.24) is 9.78 Å². The number of aryl methyl sites for hydroxylation is 1. The van der Waals surface area contributed by atoms with Crippen LogP contribution in [0.15, 0.2) is 66.1 Å². The maximum absolute atomic E-state index is 16.3. The predicted octanol–water partition coefficient (Wildman–Crippen LogP) is 12.2. The van der Waals surface area contributed by atoms with Crippen LogP contribution in [0, 0.1) is 40.8 Å². The molecule has 0 aliphatic carbocycles. The maximum atomic E-state index is 16.3. The number of rotatable bonds is 20. The first-order valence-corrected chi connectivity index (χ1v) is 21.3. The second-order valence-corrected chi connectivity index (χ2v) is 15.8. The molecule has 0 aliphatic heterocycles. The number of benzene rings is 2. The van der Waals surface area contributed by atoms with Gasteiger partial charge in [-0.05, 0) is 98.6 Å². The lowest BCUT2D eigenvalue weighted by Crippen LogP contribution is -2.32. The fourth-order valence-corrected chi connectivity index (χ4v) is 7.24. The average Bonchev–Trinajstić information content (AvgIpc) is 3.58. The van der Waals surface area contributed by atoms with Gasteiger partial charge in [-0.15, -0.1) is 0 Å². The fourth-order valence-electron chi connectivity index (χ4n) is 7.24. The van der Waals surface area contributed by atoms with Crippen LogP contribution < -0.4 is 10.6 Å². The molecule has 0 spiro atoms. The second kappa shape index (κ2) is 24.4. The van der Waals surface area contributed by atoms with Crippen LogP contribution in [0.5, 0.6) is 0 Å². The average molecular weight is 782 g/mol. The molecule has 0 saturated heterocycles. The van der Waals surface area contributed by atoms with Crippen LogP contribution in [0.4, 0.5) is 8.78 Å². The summed E-state index contributed by atoms with van der Waals surface area (Å²) in [7, 11) is 0. The third-order valence-corrected chi connectivity index (χ3v) is 11.4. The van der Waals surface area contributed by atoms with Gasteiger partial charge in [0.2, 0.25) is 0 Å². The van der Waals surface area contributed by atoms with E-state index in [2.05, 4.69) is 39.4 Å². The Balaban J connectivity index is 0.00000173. The van der Waals surface area contributed by atoms with Crippen molar-refractivity contribution in [1.29, 1.82) is 5.26 Å². The van der Waals surface area contributed by atoms with Crippen molar-refractivity contribution in [2.24, 2.45) is 23.7 Å². The van der Waals surface area contributed by atoms with Crippen molar-refractivity contribution in [2.75, 3.05) is 0 Å². The summed E-state index contributed by atoms with van der Waals surface area (Å²) in [5, 5.41) is 15.1. The van der Waals surface area contributed by atoms with Crippen LogP contribution in [0.2, 0.25) is 0 Å². The van der Waals surface area contributed by atoms with Gasteiger partial charge < -0.3 is 0 Å². The number of nitrogens with zero attached hydrogens (tertiary/aromatic N) is 3. The van der Waals surface area contributed by atoms with E-state index in [0.29, 0.717) is 66.8 Å². The van der Waals surface area contributed by atoms with Crippen LogP contribution in [0.3, 0.4) is 0 Å². The predicted molar refractivity (Wildman–Crippen MR) is 233 cm³/mol. The Morgan fingerprint density at radius 1 is 0.930 bits per heavy atom. The van der Waals surface area contributed by atoms with E-state index in [-0.39, 0.29) is 46.0 Å². The number of carbonyl (C=O) groups excluding carboxylic acids is 2. The zero-order valence-corrected chi connectivity index (χ0v) is 36.8. The molecule has 1 heterocycles. The van der Waals surface area contributed by atoms with E-state index in [4.69, 9.17) is 0 Å². The van der Waals surface area contributed by atoms with Crippen LogP contribution in [0.25, 0.3) is 11.6 Å². The van der Waals surface area contributed by atoms with Crippen molar-refractivity contribution in [3.63, 3.8) is 0 Å². The molecule has 7 heteroatoms. The van der Waals surface area contributed by atoms with Gasteiger partial charge in [-0.2, -0.15) is 10.4 Å². The van der Waals surface area contributed by atoms with Gasteiger partial charge in [-0.25, -0.2) is 8.78 Å². The molecule has 0 radical (unpaired) electrons. The summed E-state index contributed by atoms with van der Waals surface area (Å²) < 4.78 is 33.6. The Labute approximate surface area is 342 Å². The molecule has 3 unspecified atom stereocenters. The number of allylic oxidation sites excluding steroid dienone is 3. The van der Waals surface area contributed by atoms with Gasteiger partial charge in [0.15, 0.2) is 5.78 Å². The largest absolute Gasteiger partial charge is 0.300 e. The second-order valence-electron chi connectivity index (χ2n) is 15.8. The lowest BCUT2D eigenvalue weighted by molar-refractivity contribution is -0.119. The van der Waals surface area contributed by atoms with E-state index < -0.39 is 11.6 Å². The molecular weight excluding hydrogens is 713 g/mol. The fraction of sp³-hybridized carbons (Fsp3) is 0.520. The molecule has 310 valence electrons. The van der Waals surface area contributed by atoms with Gasteiger partial charge in [-0.3, -0.25) is 14.3 Å². The van der Waals surface area contributed by atoms with E-state index in [0.717, 1.165) is 41.5 Å². The monoisotopic (exact) mass is 782 g/mol. The summed E-state index contributed by atoms with van der Waals surface area (Å²) in [6, 6.07) is 11.9. The highest BCUT2D eigenvalue weighted by atomic mass is 19.1. The number of nitriles is 1. The highest BCUT2D eigenvalue weighted by Crippen LogP contribution is 2.33. The smallest absolute Gasteiger partial charge is 0.166 e. The molecule has 3 aromatic rings. The van der Waals surface area contributed by atoms with Crippen LogP contribution in [-0.2, 0) is 17.8 Å². The lowest BCUT2D eigenvalue weighted by Gasteiger charge is -2.29. The van der Waals surface area contributed by atoms with Gasteiger partial charge >= 0.3 is 0 Å². The highest BCUT2D eigenvalue weighted by molar-refractivity contribution is 5.99. The molecule has 0 aliphatic rings. The first-order chi connectivity index (χ1) is 27.1. The van der Waals surface area contributed by atoms with E-state index in [1.165, 1.54) is 25.0 Å². The molecule has 0 fully saturated rings. The summed E-state index contributed by atoms with van der Waals surface area (Å²) >= 11 is 0. The van der Waals surface area contributed by atoms with Crippen molar-refractivity contribution in [2.45, 2.75) is 147 Å². The standard InChI is InChI=1S/C44H55F2N3O2.C6H14/c1-10-14-29(7)43(46)42(38-21-17-32(25-47)24-40(38)45)39-26-48-49(41(39)16-12-3)27-33-18-20-37(34(13-4)23-33)44(51)31(9)30(8)36(28(5)6)22-19-35(50)15-11-2;1-4-6(3)5-2/h16-18,20-21,23-24,26,30-31,36H,5,10-15,19,22,27H2,1-4,6-9H3;6H,4-5H2,1-3H3/b41-16+,42-39-,43-29-;. The van der Waals surface area contributed by atoms with Crippen LogP contribution in [0.1, 0.15) is 167 Å². The molecule has 0 amide bonds. The Kier molecular flexibility index (Phi) is 20.8. The molecule has 5 nitrogen and oxygen atoms in total. The number of hydrogen-bond acceptors (Lipinski definition) is 4. The Morgan fingerprint density at radius 2 is 1.58 bits per heavy atom. The van der Waals surface area contributed by atoms with E-state index in [1.54, 1.807) is 17.8 Å². The number of carbonyl (C=O) groups is 2. The molecule has 57 heavy (non-hydrogen) atoms. The summed E-state index contributed by atoms with van der Waals surface area (Å²) in [5.41, 5.74) is 4.43. The molecular formula is C50H69F2N3O2. The minimum atomic E-state index is -0.672. The van der Waals surface area contributed by atoms with Crippen molar-refractivity contribution < 1.29 is 18.4 Å². The summed E-state index contributed by atoms with van der Waals surface area (Å²) in [6.45, 7) is 27.1. The Morgan fingerprint density at radius 3 is 2.11 bits per heavy atom. The number of hydrogen-bond donors (Lipinski definition) is 0. The normalized spacial score (nSPS) is 14.2. The van der Waals surface area contributed by atoms with E-state index in [9.17, 15) is 14.9 Å². The van der Waals surface area contributed by atoms with E-state index in [1.807, 2.05) is 71.9 Å². The van der Waals surface area contributed by atoms with Crippen LogP contribution >= 0.6 is 0 Å². The third-order valence-electron chi connectivity index (χ3n) is 11.4. The van der Waals surface area contributed by atoms with Gasteiger partial charge in [-0.1, -0.05) is 118 Å². The van der Waals surface area contributed by atoms with Gasteiger partial charge in [0.1, 0.15) is 17.4 Å². The SMILES string of the molecule is C=C(C)C(CCC(=O)CCC)C(C)C(C)C(=O)c1ccc(Cn2ncc(=C(/C(F)=C(\C)CCC)c3ccc(C#N)cc3F)/c2=C\CC)cc1CC.CCC(C)CC. The Bertz CT molecular complexity index is 2010. The molecule has 0 saturated carbocycles. The lowest BCUT2D eigenvalue weighted by atomic mass is 9.74. The minimum Gasteiger partial charge on any atom is -0.300 e. The van der Waals surface area contributed by atoms with Crippen molar-refractivity contribution in [3.8, 4) is 6.07 Å². The number of Topliss-reactive ketones (excluding diaryl/α,β-unsaturated/α-hetero) is 2. The molecule has 0 bridgehead atoms. The molecule has 1 aromatic heterocycles. The van der Waals surface area contributed by atoms with Crippen molar-refractivity contribution in [3.05, 3.63) is 110 Å². The van der Waals surface area contributed by atoms with Crippen molar-refractivity contribution >= 4 is 23.2 Å². The van der Waals surface area contributed by atoms with Gasteiger partial charge in [0.05, 0.1) is 29.7 Å². The third kappa shape index (κ3) is 13.6. The first kappa shape index (κ1) is 48.7. The number of aromatic nitrogens is 2. The quantitative estimate of drug-likeness (QED) is 0.0845. The molecule has 3 rings (SSSR count). The van der Waals surface area contributed by atoms with Gasteiger partial charge in [0.25, 0.3) is 0 Å². The number of ketones is 2. The topological polar surface area (TPSA) is 75.8 Å². The summed E-state index contributed by atoms with van der Waals surface area (Å²) in [5.74, 6) is -0.0737. The Hall–Kier alpha value is -4.44. The number of halogens is 2. The van der Waals surface area contributed by atoms with Crippen LogP contribution in [-0.4, -0.2) is 21.3 Å². The minimum absolute atomic E-state index is 0.0187. The summed E-state index contributed by atoms with van der Waals surface area (Å²) in [4.78, 5) is 26.3.